The summed E-state index contributed by atoms with van der Waals surface area (Å²) < 4.78 is 14.0. The highest BCUT2D eigenvalue weighted by Gasteiger charge is 2.29. The van der Waals surface area contributed by atoms with Gasteiger partial charge in [0.2, 0.25) is 5.91 Å². The van der Waals surface area contributed by atoms with Gasteiger partial charge in [-0.25, -0.2) is 4.39 Å². The smallest absolute Gasteiger partial charge is 0.258 e. The minimum absolute atomic E-state index is 0.0865. The summed E-state index contributed by atoms with van der Waals surface area (Å²) in [4.78, 5) is 28.3. The first-order valence-corrected chi connectivity index (χ1v) is 9.16. The second-order valence-corrected chi connectivity index (χ2v) is 6.92. The van der Waals surface area contributed by atoms with E-state index in [1.54, 1.807) is 4.90 Å². The lowest BCUT2D eigenvalue weighted by molar-refractivity contribution is -0.134. The number of nitrogens with zero attached hydrogens (tertiary/aromatic N) is 2. The molecule has 1 heterocycles. The van der Waals surface area contributed by atoms with Crippen molar-refractivity contribution in [3.8, 4) is 0 Å². The summed E-state index contributed by atoms with van der Waals surface area (Å²) in [6.45, 7) is 1.35. The van der Waals surface area contributed by atoms with Gasteiger partial charge in [0.05, 0.1) is 16.6 Å². The maximum Gasteiger partial charge on any atom is 0.258 e. The average Bonchev–Trinajstić information content (AvgIpc) is 2.68. The van der Waals surface area contributed by atoms with Crippen molar-refractivity contribution in [2.45, 2.75) is 12.5 Å². The molecule has 1 atom stereocenters. The minimum atomic E-state index is -0.643. The Morgan fingerprint density at radius 3 is 2.26 bits per heavy atom. The molecule has 0 radical (unpaired) electrons. The van der Waals surface area contributed by atoms with Crippen LogP contribution in [0.2, 0.25) is 5.02 Å². The third kappa shape index (κ3) is 4.46. The molecule has 0 aliphatic carbocycles. The molecule has 3 rings (SSSR count). The van der Waals surface area contributed by atoms with Crippen molar-refractivity contribution in [3.63, 3.8) is 0 Å². The van der Waals surface area contributed by atoms with Gasteiger partial charge in [0.1, 0.15) is 5.82 Å². The van der Waals surface area contributed by atoms with E-state index in [1.165, 1.54) is 23.1 Å². The minimum Gasteiger partial charge on any atom is -0.338 e. The van der Waals surface area contributed by atoms with Crippen LogP contribution in [0.4, 0.5) is 4.39 Å². The summed E-state index contributed by atoms with van der Waals surface area (Å²) in [7, 11) is 0. The average molecular weight is 390 g/mol. The van der Waals surface area contributed by atoms with Gasteiger partial charge in [-0.2, -0.15) is 0 Å². The SMILES string of the molecule is N[C@@H](Cc1ccccc1)C(=O)N1CCN(C(=O)c2c(F)cccc2Cl)CC1. The summed E-state index contributed by atoms with van der Waals surface area (Å²) >= 11 is 5.97. The van der Waals surface area contributed by atoms with Gasteiger partial charge in [-0.15, -0.1) is 0 Å². The lowest BCUT2D eigenvalue weighted by atomic mass is 10.1. The molecule has 2 aromatic carbocycles. The van der Waals surface area contributed by atoms with E-state index in [9.17, 15) is 14.0 Å². The normalized spacial score (nSPS) is 15.5. The summed E-state index contributed by atoms with van der Waals surface area (Å²) in [5.41, 5.74) is 6.94. The Hall–Kier alpha value is -2.44. The molecular formula is C20H21ClFN3O2. The fourth-order valence-corrected chi connectivity index (χ4v) is 3.42. The maximum absolute atomic E-state index is 14.0. The Morgan fingerprint density at radius 1 is 1.00 bits per heavy atom. The van der Waals surface area contributed by atoms with Crippen molar-refractivity contribution in [2.75, 3.05) is 26.2 Å². The van der Waals surface area contributed by atoms with E-state index >= 15 is 0 Å². The van der Waals surface area contributed by atoms with Crippen molar-refractivity contribution in [3.05, 3.63) is 70.5 Å². The second-order valence-electron chi connectivity index (χ2n) is 6.51. The van der Waals surface area contributed by atoms with Crippen LogP contribution in [0.1, 0.15) is 15.9 Å². The highest BCUT2D eigenvalue weighted by Crippen LogP contribution is 2.21. The highest BCUT2D eigenvalue weighted by atomic mass is 35.5. The number of carbonyl (C=O) groups excluding carboxylic acids is 2. The van der Waals surface area contributed by atoms with Gasteiger partial charge in [0.15, 0.2) is 0 Å². The number of nitrogens with two attached hydrogens (primary N) is 1. The molecule has 5 nitrogen and oxygen atoms in total. The molecule has 1 fully saturated rings. The van der Waals surface area contributed by atoms with Crippen LogP contribution in [0.15, 0.2) is 48.5 Å². The number of halogens is 2. The summed E-state index contributed by atoms with van der Waals surface area (Å²) in [6.07, 6.45) is 0.462. The molecule has 0 unspecified atom stereocenters. The Bertz CT molecular complexity index is 803. The molecule has 142 valence electrons. The van der Waals surface area contributed by atoms with E-state index in [0.29, 0.717) is 32.6 Å². The zero-order valence-electron chi connectivity index (χ0n) is 14.8. The predicted octanol–water partition coefficient (Wildman–Crippen LogP) is 2.33. The lowest BCUT2D eigenvalue weighted by Gasteiger charge is -2.36. The number of benzene rings is 2. The van der Waals surface area contributed by atoms with Crippen molar-refractivity contribution < 1.29 is 14.0 Å². The van der Waals surface area contributed by atoms with E-state index < -0.39 is 17.8 Å². The van der Waals surface area contributed by atoms with Crippen LogP contribution in [0.3, 0.4) is 0 Å². The van der Waals surface area contributed by atoms with Crippen LogP contribution in [0, 0.1) is 5.82 Å². The number of piperazine rings is 1. The largest absolute Gasteiger partial charge is 0.338 e. The number of rotatable bonds is 4. The molecule has 1 aliphatic heterocycles. The molecule has 7 heteroatoms. The van der Waals surface area contributed by atoms with Crippen LogP contribution in [0.25, 0.3) is 0 Å². The van der Waals surface area contributed by atoms with E-state index in [2.05, 4.69) is 0 Å². The van der Waals surface area contributed by atoms with Crippen molar-refractivity contribution in [1.29, 1.82) is 0 Å². The molecule has 27 heavy (non-hydrogen) atoms. The lowest BCUT2D eigenvalue weighted by Crippen LogP contribution is -2.54. The standard InChI is InChI=1S/C20H21ClFN3O2/c21-15-7-4-8-16(22)18(15)20(27)25-11-9-24(10-12-25)19(26)17(23)13-14-5-2-1-3-6-14/h1-8,17H,9-13,23H2/t17-/m0/s1. The Balaban J connectivity index is 1.58. The van der Waals surface area contributed by atoms with Crippen molar-refractivity contribution >= 4 is 23.4 Å². The van der Waals surface area contributed by atoms with Crippen LogP contribution in [-0.4, -0.2) is 53.8 Å². The first kappa shape index (κ1) is 19.3. The third-order valence-corrected chi connectivity index (χ3v) is 4.99. The number of hydrogen-bond donors (Lipinski definition) is 1. The summed E-state index contributed by atoms with van der Waals surface area (Å²) in [5, 5.41) is 0.0865. The van der Waals surface area contributed by atoms with Gasteiger partial charge in [0.25, 0.3) is 5.91 Å². The number of amides is 2. The number of hydrogen-bond acceptors (Lipinski definition) is 3. The van der Waals surface area contributed by atoms with E-state index in [-0.39, 0.29) is 16.5 Å². The molecule has 0 spiro atoms. The van der Waals surface area contributed by atoms with E-state index in [1.807, 2.05) is 30.3 Å². The molecule has 0 aromatic heterocycles. The van der Waals surface area contributed by atoms with Crippen LogP contribution in [-0.2, 0) is 11.2 Å². The van der Waals surface area contributed by atoms with Gasteiger partial charge in [-0.05, 0) is 24.1 Å². The topological polar surface area (TPSA) is 66.6 Å². The monoisotopic (exact) mass is 389 g/mol. The molecule has 2 N–H and O–H groups in total. The summed E-state index contributed by atoms with van der Waals surface area (Å²) in [6, 6.07) is 13.1. The van der Waals surface area contributed by atoms with Crippen LogP contribution in [0.5, 0.6) is 0 Å². The molecular weight excluding hydrogens is 369 g/mol. The van der Waals surface area contributed by atoms with Crippen LogP contribution < -0.4 is 5.73 Å². The molecule has 2 aromatic rings. The number of carbonyl (C=O) groups is 2. The third-order valence-electron chi connectivity index (χ3n) is 4.67. The molecule has 1 saturated heterocycles. The van der Waals surface area contributed by atoms with Gasteiger partial charge < -0.3 is 15.5 Å². The Labute approximate surface area is 162 Å². The zero-order valence-corrected chi connectivity index (χ0v) is 15.5. The predicted molar refractivity (Wildman–Crippen MR) is 102 cm³/mol. The quantitative estimate of drug-likeness (QED) is 0.872. The Morgan fingerprint density at radius 2 is 1.63 bits per heavy atom. The maximum atomic E-state index is 14.0. The highest BCUT2D eigenvalue weighted by molar-refractivity contribution is 6.33. The van der Waals surface area contributed by atoms with Gasteiger partial charge in [-0.1, -0.05) is 48.0 Å². The summed E-state index contributed by atoms with van der Waals surface area (Å²) in [5.74, 6) is -1.25. The van der Waals surface area contributed by atoms with Crippen LogP contribution >= 0.6 is 11.6 Å². The fourth-order valence-electron chi connectivity index (χ4n) is 3.18. The second kappa shape index (κ2) is 8.50. The molecule has 0 bridgehead atoms. The van der Waals surface area contributed by atoms with Gasteiger partial charge in [0, 0.05) is 26.2 Å². The first-order chi connectivity index (χ1) is 13.0. The van der Waals surface area contributed by atoms with Crippen molar-refractivity contribution in [2.24, 2.45) is 5.73 Å². The molecule has 1 aliphatic rings. The van der Waals surface area contributed by atoms with Crippen molar-refractivity contribution in [1.82, 2.24) is 9.80 Å². The molecule has 0 saturated carbocycles. The molecule has 2 amide bonds. The van der Waals surface area contributed by atoms with E-state index in [4.69, 9.17) is 17.3 Å². The first-order valence-electron chi connectivity index (χ1n) is 8.79. The van der Waals surface area contributed by atoms with Gasteiger partial charge >= 0.3 is 0 Å². The fraction of sp³-hybridized carbons (Fsp3) is 0.300. The Kier molecular flexibility index (Phi) is 6.08. The van der Waals surface area contributed by atoms with E-state index in [0.717, 1.165) is 5.56 Å². The van der Waals surface area contributed by atoms with Gasteiger partial charge in [-0.3, -0.25) is 9.59 Å². The zero-order chi connectivity index (χ0) is 19.4.